The number of nitrogens with zero attached hydrogens (tertiary/aromatic N) is 2. The number of hydrogen-bond donors (Lipinski definition) is 0. The highest BCUT2D eigenvalue weighted by molar-refractivity contribution is 6.33. The summed E-state index contributed by atoms with van der Waals surface area (Å²) in [5.41, 5.74) is 1.31. The molecule has 0 spiro atoms. The summed E-state index contributed by atoms with van der Waals surface area (Å²) < 4.78 is 19.8. The van der Waals surface area contributed by atoms with E-state index in [1.807, 2.05) is 0 Å². The Kier molecular flexibility index (Phi) is 3.35. The van der Waals surface area contributed by atoms with E-state index in [9.17, 15) is 9.18 Å². The molecule has 3 aromatic rings. The number of ether oxygens (including phenoxy) is 1. The van der Waals surface area contributed by atoms with E-state index in [1.165, 1.54) is 19.2 Å². The summed E-state index contributed by atoms with van der Waals surface area (Å²) in [6.07, 6.45) is 1.71. The summed E-state index contributed by atoms with van der Waals surface area (Å²) in [5.74, 6) is -0.419. The van der Waals surface area contributed by atoms with E-state index in [0.29, 0.717) is 22.5 Å². The van der Waals surface area contributed by atoms with Crippen molar-refractivity contribution >= 4 is 23.1 Å². The number of carbonyl (C=O) groups is 1. The molecule has 0 saturated heterocycles. The molecule has 2 aromatic heterocycles. The van der Waals surface area contributed by atoms with E-state index in [2.05, 4.69) is 4.98 Å². The van der Waals surface area contributed by atoms with Crippen LogP contribution in [0.15, 0.2) is 42.6 Å². The Hall–Kier alpha value is -2.40. The molecule has 0 radical (unpaired) electrons. The van der Waals surface area contributed by atoms with Gasteiger partial charge in [-0.2, -0.15) is 0 Å². The highest BCUT2D eigenvalue weighted by atomic mass is 35.5. The Labute approximate surface area is 124 Å². The van der Waals surface area contributed by atoms with Gasteiger partial charge in [0.2, 0.25) is 0 Å². The van der Waals surface area contributed by atoms with Crippen LogP contribution in [0, 0.1) is 5.82 Å². The van der Waals surface area contributed by atoms with Gasteiger partial charge in [0.05, 0.1) is 18.2 Å². The molecular weight excluding hydrogens is 295 g/mol. The Morgan fingerprint density at radius 1 is 1.33 bits per heavy atom. The lowest BCUT2D eigenvalue weighted by Gasteiger charge is -2.04. The molecule has 6 heteroatoms. The molecule has 3 rings (SSSR count). The Bertz CT molecular complexity index is 845. The SMILES string of the molecule is COC(=O)c1cccn2c(-c3cccc(F)c3)nc(Cl)c12. The lowest BCUT2D eigenvalue weighted by molar-refractivity contribution is 0.0602. The molecule has 106 valence electrons. The zero-order chi connectivity index (χ0) is 15.0. The van der Waals surface area contributed by atoms with Gasteiger partial charge < -0.3 is 4.74 Å². The maximum absolute atomic E-state index is 13.4. The first-order valence-corrected chi connectivity index (χ1v) is 6.50. The topological polar surface area (TPSA) is 43.6 Å². The van der Waals surface area contributed by atoms with Gasteiger partial charge in [-0.05, 0) is 24.3 Å². The van der Waals surface area contributed by atoms with Crippen molar-refractivity contribution in [3.8, 4) is 11.4 Å². The number of esters is 1. The van der Waals surface area contributed by atoms with Crippen LogP contribution in [0.2, 0.25) is 5.15 Å². The Morgan fingerprint density at radius 2 is 2.14 bits per heavy atom. The van der Waals surface area contributed by atoms with Crippen LogP contribution in [0.25, 0.3) is 16.9 Å². The monoisotopic (exact) mass is 304 g/mol. The number of fused-ring (bicyclic) bond motifs is 1. The average Bonchev–Trinajstić information content (AvgIpc) is 2.84. The van der Waals surface area contributed by atoms with Crippen molar-refractivity contribution in [3.05, 3.63) is 59.1 Å². The number of benzene rings is 1. The normalized spacial score (nSPS) is 10.8. The van der Waals surface area contributed by atoms with Gasteiger partial charge in [-0.3, -0.25) is 4.40 Å². The smallest absolute Gasteiger partial charge is 0.340 e. The van der Waals surface area contributed by atoms with E-state index < -0.39 is 5.97 Å². The number of halogens is 2. The molecule has 1 aromatic carbocycles. The number of hydrogen-bond acceptors (Lipinski definition) is 3. The molecule has 0 aliphatic heterocycles. The first-order chi connectivity index (χ1) is 10.1. The van der Waals surface area contributed by atoms with Crippen LogP contribution >= 0.6 is 11.6 Å². The summed E-state index contributed by atoms with van der Waals surface area (Å²) >= 11 is 6.14. The predicted molar refractivity (Wildman–Crippen MR) is 76.9 cm³/mol. The van der Waals surface area contributed by atoms with Crippen molar-refractivity contribution in [1.29, 1.82) is 0 Å². The minimum absolute atomic E-state index is 0.162. The van der Waals surface area contributed by atoms with Gasteiger partial charge >= 0.3 is 5.97 Å². The fourth-order valence-corrected chi connectivity index (χ4v) is 2.47. The van der Waals surface area contributed by atoms with Crippen LogP contribution in [0.1, 0.15) is 10.4 Å². The summed E-state index contributed by atoms with van der Waals surface area (Å²) in [7, 11) is 1.30. The second-order valence-corrected chi connectivity index (χ2v) is 4.73. The molecule has 0 atom stereocenters. The second kappa shape index (κ2) is 5.18. The maximum Gasteiger partial charge on any atom is 0.340 e. The first-order valence-electron chi connectivity index (χ1n) is 6.12. The van der Waals surface area contributed by atoms with E-state index in [1.54, 1.807) is 34.9 Å². The van der Waals surface area contributed by atoms with Crippen LogP contribution < -0.4 is 0 Å². The zero-order valence-corrected chi connectivity index (χ0v) is 11.8. The fourth-order valence-electron chi connectivity index (χ4n) is 2.20. The molecule has 2 heterocycles. The fraction of sp³-hybridized carbons (Fsp3) is 0.0667. The number of imidazole rings is 1. The Morgan fingerprint density at radius 3 is 2.86 bits per heavy atom. The molecule has 21 heavy (non-hydrogen) atoms. The van der Waals surface area contributed by atoms with Crippen LogP contribution in [-0.2, 0) is 4.74 Å². The van der Waals surface area contributed by atoms with Crippen molar-refractivity contribution in [2.24, 2.45) is 0 Å². The van der Waals surface area contributed by atoms with Crippen LogP contribution in [0.4, 0.5) is 4.39 Å². The molecule has 0 saturated carbocycles. The molecule has 0 fully saturated rings. The van der Waals surface area contributed by atoms with Crippen molar-refractivity contribution in [2.45, 2.75) is 0 Å². The molecule has 0 aliphatic carbocycles. The molecule has 0 N–H and O–H groups in total. The second-order valence-electron chi connectivity index (χ2n) is 4.37. The summed E-state index contributed by atoms with van der Waals surface area (Å²) in [4.78, 5) is 16.0. The third-order valence-corrected chi connectivity index (χ3v) is 3.37. The molecule has 4 nitrogen and oxygen atoms in total. The van der Waals surface area contributed by atoms with E-state index in [-0.39, 0.29) is 11.0 Å². The van der Waals surface area contributed by atoms with E-state index in [0.717, 1.165) is 0 Å². The van der Waals surface area contributed by atoms with Crippen LogP contribution in [0.3, 0.4) is 0 Å². The summed E-state index contributed by atoms with van der Waals surface area (Å²) in [5, 5.41) is 0.162. The van der Waals surface area contributed by atoms with E-state index >= 15 is 0 Å². The highest BCUT2D eigenvalue weighted by Gasteiger charge is 2.18. The minimum Gasteiger partial charge on any atom is -0.465 e. The van der Waals surface area contributed by atoms with Gasteiger partial charge in [-0.25, -0.2) is 14.2 Å². The average molecular weight is 305 g/mol. The first kappa shape index (κ1) is 13.6. The summed E-state index contributed by atoms with van der Waals surface area (Å²) in [6.45, 7) is 0. The van der Waals surface area contributed by atoms with Gasteiger partial charge in [0.15, 0.2) is 5.15 Å². The zero-order valence-electron chi connectivity index (χ0n) is 11.0. The Balaban J connectivity index is 2.30. The molecule has 0 aliphatic rings. The molecule has 0 amide bonds. The number of methoxy groups -OCH3 is 1. The van der Waals surface area contributed by atoms with Crippen molar-refractivity contribution in [2.75, 3.05) is 7.11 Å². The maximum atomic E-state index is 13.4. The highest BCUT2D eigenvalue weighted by Crippen LogP contribution is 2.28. The van der Waals surface area contributed by atoms with Crippen LogP contribution in [0.5, 0.6) is 0 Å². The molecule has 0 unspecified atom stereocenters. The van der Waals surface area contributed by atoms with Crippen molar-refractivity contribution < 1.29 is 13.9 Å². The van der Waals surface area contributed by atoms with Gasteiger partial charge in [-0.1, -0.05) is 23.7 Å². The number of aromatic nitrogens is 2. The molecular formula is C15H10ClFN2O2. The quantitative estimate of drug-likeness (QED) is 0.680. The third kappa shape index (κ3) is 2.25. The predicted octanol–water partition coefficient (Wildman–Crippen LogP) is 3.58. The lowest BCUT2D eigenvalue weighted by atomic mass is 10.2. The standard InChI is InChI=1S/C15H10ClFN2O2/c1-21-15(20)11-6-3-7-19-12(11)13(16)18-14(19)9-4-2-5-10(17)8-9/h2-8H,1H3. The number of rotatable bonds is 2. The third-order valence-electron chi connectivity index (χ3n) is 3.11. The van der Waals surface area contributed by atoms with Gasteiger partial charge in [-0.15, -0.1) is 0 Å². The van der Waals surface area contributed by atoms with Gasteiger partial charge in [0.1, 0.15) is 11.6 Å². The van der Waals surface area contributed by atoms with Gasteiger partial charge in [0, 0.05) is 11.8 Å². The summed E-state index contributed by atoms with van der Waals surface area (Å²) in [6, 6.07) is 9.30. The van der Waals surface area contributed by atoms with Crippen LogP contribution in [-0.4, -0.2) is 22.5 Å². The number of pyridine rings is 1. The minimum atomic E-state index is -0.506. The molecule has 0 bridgehead atoms. The number of carbonyl (C=O) groups excluding carboxylic acids is 1. The lowest BCUT2D eigenvalue weighted by Crippen LogP contribution is -2.03. The van der Waals surface area contributed by atoms with Gasteiger partial charge in [0.25, 0.3) is 0 Å². The van der Waals surface area contributed by atoms with Crippen molar-refractivity contribution in [1.82, 2.24) is 9.38 Å². The largest absolute Gasteiger partial charge is 0.465 e. The van der Waals surface area contributed by atoms with Crippen molar-refractivity contribution in [3.63, 3.8) is 0 Å². The van der Waals surface area contributed by atoms with E-state index in [4.69, 9.17) is 16.3 Å².